The Hall–Kier alpha value is -0.0400. The molecule has 1 nitrogen and oxygen atoms in total. The predicted octanol–water partition coefficient (Wildman–Crippen LogP) is 7.53. The normalized spacial score (nSPS) is 12.7. The molecule has 1 heteroatoms. The van der Waals surface area contributed by atoms with Gasteiger partial charge in [0.15, 0.2) is 0 Å². The Labute approximate surface area is 141 Å². The molecule has 1 atom stereocenters. The number of hydrogen-bond acceptors (Lipinski definition) is 1. The topological polar surface area (TPSA) is 9.23 Å². The van der Waals surface area contributed by atoms with Crippen LogP contribution in [0.5, 0.6) is 0 Å². The molecule has 0 aliphatic rings. The van der Waals surface area contributed by atoms with Crippen molar-refractivity contribution < 1.29 is 4.74 Å². The first kappa shape index (κ1) is 22.0. The summed E-state index contributed by atoms with van der Waals surface area (Å²) in [6.07, 6.45) is 20.9. The molecular formula is C21H44O. The second kappa shape index (κ2) is 19.0. The van der Waals surface area contributed by atoms with Crippen molar-refractivity contribution in [3.05, 3.63) is 0 Å². The van der Waals surface area contributed by atoms with Crippen LogP contribution in [0.4, 0.5) is 0 Å². The minimum absolute atomic E-state index is 0.942. The lowest BCUT2D eigenvalue weighted by atomic mass is 9.99. The molecule has 0 fully saturated rings. The van der Waals surface area contributed by atoms with E-state index in [0.29, 0.717) is 0 Å². The maximum absolute atomic E-state index is 5.59. The third kappa shape index (κ3) is 18.0. The molecule has 0 saturated carbocycles. The smallest absolute Gasteiger partial charge is 0.0466 e. The Morgan fingerprint density at radius 2 is 1.05 bits per heavy atom. The van der Waals surface area contributed by atoms with Gasteiger partial charge in [0, 0.05) is 13.2 Å². The molecule has 0 saturated heterocycles. The molecule has 0 rings (SSSR count). The molecule has 0 N–H and O–H groups in total. The number of unbranched alkanes of at least 4 members (excludes halogenated alkanes) is 11. The minimum atomic E-state index is 0.942. The van der Waals surface area contributed by atoms with Gasteiger partial charge in [-0.25, -0.2) is 0 Å². The fourth-order valence-electron chi connectivity index (χ4n) is 2.84. The van der Waals surface area contributed by atoms with E-state index in [4.69, 9.17) is 4.74 Å². The molecular weight excluding hydrogens is 268 g/mol. The number of rotatable bonds is 18. The summed E-state index contributed by atoms with van der Waals surface area (Å²) in [4.78, 5) is 0. The average molecular weight is 313 g/mol. The summed E-state index contributed by atoms with van der Waals surface area (Å²) >= 11 is 0. The molecule has 0 spiro atoms. The zero-order valence-electron chi connectivity index (χ0n) is 16.0. The first-order valence-corrected chi connectivity index (χ1v) is 10.4. The molecule has 0 aliphatic heterocycles. The van der Waals surface area contributed by atoms with Crippen LogP contribution in [-0.4, -0.2) is 13.2 Å². The van der Waals surface area contributed by atoms with Gasteiger partial charge in [0.2, 0.25) is 0 Å². The molecule has 134 valence electrons. The second-order valence-corrected chi connectivity index (χ2v) is 7.16. The van der Waals surface area contributed by atoms with Crippen LogP contribution in [0.15, 0.2) is 0 Å². The molecule has 0 bridgehead atoms. The molecule has 0 aromatic rings. The van der Waals surface area contributed by atoms with Gasteiger partial charge in [-0.1, -0.05) is 104 Å². The van der Waals surface area contributed by atoms with Crippen molar-refractivity contribution in [2.24, 2.45) is 5.92 Å². The molecule has 22 heavy (non-hydrogen) atoms. The van der Waals surface area contributed by atoms with E-state index in [0.717, 1.165) is 19.1 Å². The van der Waals surface area contributed by atoms with Crippen molar-refractivity contribution in [1.29, 1.82) is 0 Å². The third-order valence-electron chi connectivity index (χ3n) is 4.82. The van der Waals surface area contributed by atoms with Crippen LogP contribution in [0.1, 0.15) is 117 Å². The molecule has 0 aromatic heterocycles. The lowest BCUT2D eigenvalue weighted by Gasteiger charge is -2.07. The molecule has 0 aliphatic carbocycles. The lowest BCUT2D eigenvalue weighted by Crippen LogP contribution is -1.96. The van der Waals surface area contributed by atoms with E-state index in [1.165, 1.54) is 96.3 Å². The summed E-state index contributed by atoms with van der Waals surface area (Å²) in [6.45, 7) is 8.86. The minimum Gasteiger partial charge on any atom is -0.381 e. The molecule has 0 amide bonds. The van der Waals surface area contributed by atoms with Crippen LogP contribution in [0.25, 0.3) is 0 Å². The SMILES string of the molecule is CCCCOCCCCCCCCCCCCCC(C)CC. The van der Waals surface area contributed by atoms with Crippen molar-refractivity contribution in [3.63, 3.8) is 0 Å². The highest BCUT2D eigenvalue weighted by molar-refractivity contribution is 4.52. The fourth-order valence-corrected chi connectivity index (χ4v) is 2.84. The van der Waals surface area contributed by atoms with Crippen LogP contribution >= 0.6 is 0 Å². The highest BCUT2D eigenvalue weighted by Gasteiger charge is 1.98. The van der Waals surface area contributed by atoms with Gasteiger partial charge in [0.25, 0.3) is 0 Å². The summed E-state index contributed by atoms with van der Waals surface area (Å²) in [6, 6.07) is 0. The summed E-state index contributed by atoms with van der Waals surface area (Å²) in [5.74, 6) is 0.942. The fraction of sp³-hybridized carbons (Fsp3) is 1.00. The maximum Gasteiger partial charge on any atom is 0.0466 e. The Kier molecular flexibility index (Phi) is 19.0. The van der Waals surface area contributed by atoms with Gasteiger partial charge < -0.3 is 4.74 Å². The lowest BCUT2D eigenvalue weighted by molar-refractivity contribution is 0.127. The Morgan fingerprint density at radius 1 is 0.591 bits per heavy atom. The van der Waals surface area contributed by atoms with Gasteiger partial charge in [-0.3, -0.25) is 0 Å². The van der Waals surface area contributed by atoms with Crippen LogP contribution in [0.2, 0.25) is 0 Å². The van der Waals surface area contributed by atoms with Crippen LogP contribution in [0, 0.1) is 5.92 Å². The average Bonchev–Trinajstić information content (AvgIpc) is 2.54. The van der Waals surface area contributed by atoms with E-state index < -0.39 is 0 Å². The van der Waals surface area contributed by atoms with Crippen molar-refractivity contribution in [2.75, 3.05) is 13.2 Å². The summed E-state index contributed by atoms with van der Waals surface area (Å²) in [5, 5.41) is 0. The van der Waals surface area contributed by atoms with Gasteiger partial charge in [-0.15, -0.1) is 0 Å². The van der Waals surface area contributed by atoms with E-state index in [9.17, 15) is 0 Å². The molecule has 0 aromatic carbocycles. The van der Waals surface area contributed by atoms with Crippen molar-refractivity contribution in [2.45, 2.75) is 117 Å². The standard InChI is InChI=1S/C21H44O/c1-4-6-19-22-20-17-15-13-11-9-7-8-10-12-14-16-18-21(3)5-2/h21H,4-20H2,1-3H3. The first-order chi connectivity index (χ1) is 10.8. The van der Waals surface area contributed by atoms with Gasteiger partial charge in [-0.2, -0.15) is 0 Å². The second-order valence-electron chi connectivity index (χ2n) is 7.16. The Morgan fingerprint density at radius 3 is 1.55 bits per heavy atom. The van der Waals surface area contributed by atoms with Gasteiger partial charge in [0.1, 0.15) is 0 Å². The van der Waals surface area contributed by atoms with E-state index in [1.807, 2.05) is 0 Å². The first-order valence-electron chi connectivity index (χ1n) is 10.4. The van der Waals surface area contributed by atoms with Crippen LogP contribution in [-0.2, 0) is 4.74 Å². The Balaban J connectivity index is 2.97. The van der Waals surface area contributed by atoms with Crippen LogP contribution < -0.4 is 0 Å². The van der Waals surface area contributed by atoms with Gasteiger partial charge >= 0.3 is 0 Å². The maximum atomic E-state index is 5.59. The van der Waals surface area contributed by atoms with Gasteiger partial charge in [-0.05, 0) is 18.8 Å². The van der Waals surface area contributed by atoms with Crippen molar-refractivity contribution >= 4 is 0 Å². The zero-order valence-corrected chi connectivity index (χ0v) is 16.0. The predicted molar refractivity (Wildman–Crippen MR) is 101 cm³/mol. The number of hydrogen-bond donors (Lipinski definition) is 0. The molecule has 0 radical (unpaired) electrons. The monoisotopic (exact) mass is 312 g/mol. The van der Waals surface area contributed by atoms with Gasteiger partial charge in [0.05, 0.1) is 0 Å². The summed E-state index contributed by atoms with van der Waals surface area (Å²) in [7, 11) is 0. The summed E-state index contributed by atoms with van der Waals surface area (Å²) in [5.41, 5.74) is 0. The van der Waals surface area contributed by atoms with Crippen molar-refractivity contribution in [3.8, 4) is 0 Å². The van der Waals surface area contributed by atoms with E-state index in [1.54, 1.807) is 0 Å². The quantitative estimate of drug-likeness (QED) is 0.238. The Bertz CT molecular complexity index is 190. The highest BCUT2D eigenvalue weighted by atomic mass is 16.5. The highest BCUT2D eigenvalue weighted by Crippen LogP contribution is 2.15. The summed E-state index contributed by atoms with van der Waals surface area (Å²) < 4.78 is 5.59. The largest absolute Gasteiger partial charge is 0.381 e. The molecule has 0 heterocycles. The molecule has 1 unspecified atom stereocenters. The number of ether oxygens (including phenoxy) is 1. The zero-order chi connectivity index (χ0) is 16.3. The third-order valence-corrected chi connectivity index (χ3v) is 4.82. The van der Waals surface area contributed by atoms with E-state index in [-0.39, 0.29) is 0 Å². The van der Waals surface area contributed by atoms with E-state index in [2.05, 4.69) is 20.8 Å². The van der Waals surface area contributed by atoms with E-state index >= 15 is 0 Å². The van der Waals surface area contributed by atoms with Crippen LogP contribution in [0.3, 0.4) is 0 Å². The van der Waals surface area contributed by atoms with Crippen molar-refractivity contribution in [1.82, 2.24) is 0 Å².